The van der Waals surface area contributed by atoms with E-state index in [-0.39, 0.29) is 17.9 Å². The molecule has 1 saturated carbocycles. The van der Waals surface area contributed by atoms with E-state index in [4.69, 9.17) is 4.52 Å². The maximum Gasteiger partial charge on any atom is 0.264 e. The Morgan fingerprint density at radius 2 is 1.79 bits per heavy atom. The largest absolute Gasteiger partial charge is 0.361 e. The van der Waals surface area contributed by atoms with Gasteiger partial charge in [-0.3, -0.25) is 19.5 Å². The fraction of sp³-hybridized carbons (Fsp3) is 0.385. The summed E-state index contributed by atoms with van der Waals surface area (Å²) in [7, 11) is 0. The van der Waals surface area contributed by atoms with Crippen molar-refractivity contribution in [2.45, 2.75) is 65.0 Å². The van der Waals surface area contributed by atoms with Crippen LogP contribution in [0.15, 0.2) is 53.3 Å². The Hall–Kier alpha value is -3.48. The monoisotopic (exact) mass is 446 g/mol. The Balaban J connectivity index is 1.81. The molecule has 3 aromatic rings. The molecule has 1 aliphatic carbocycles. The van der Waals surface area contributed by atoms with Crippen LogP contribution in [-0.2, 0) is 4.79 Å². The molecule has 172 valence electrons. The van der Waals surface area contributed by atoms with Crippen LogP contribution in [0.2, 0.25) is 0 Å². The lowest BCUT2D eigenvalue weighted by atomic mass is 9.94. The molecule has 1 aliphatic rings. The molecule has 0 saturated heterocycles. The van der Waals surface area contributed by atoms with Crippen molar-refractivity contribution in [1.82, 2.24) is 15.5 Å². The van der Waals surface area contributed by atoms with Crippen LogP contribution in [0.5, 0.6) is 0 Å². The number of benzene rings is 1. The third-order valence-electron chi connectivity index (χ3n) is 6.24. The lowest BCUT2D eigenvalue weighted by molar-refractivity contribution is -0.123. The molecule has 1 atom stereocenters. The third kappa shape index (κ3) is 4.97. The Labute approximate surface area is 194 Å². The predicted molar refractivity (Wildman–Crippen MR) is 126 cm³/mol. The molecule has 0 spiro atoms. The number of anilines is 1. The zero-order valence-corrected chi connectivity index (χ0v) is 19.4. The normalized spacial score (nSPS) is 15.1. The van der Waals surface area contributed by atoms with E-state index in [0.29, 0.717) is 28.3 Å². The summed E-state index contributed by atoms with van der Waals surface area (Å²) in [5, 5.41) is 7.17. The molecule has 1 aromatic carbocycles. The molecule has 1 fully saturated rings. The quantitative estimate of drug-likeness (QED) is 0.586. The summed E-state index contributed by atoms with van der Waals surface area (Å²) in [5.41, 5.74) is 3.19. The summed E-state index contributed by atoms with van der Waals surface area (Å²) >= 11 is 0. The fourth-order valence-electron chi connectivity index (χ4n) is 4.48. The van der Waals surface area contributed by atoms with Gasteiger partial charge in [-0.2, -0.15) is 0 Å². The molecule has 1 unspecified atom stereocenters. The second-order valence-corrected chi connectivity index (χ2v) is 8.74. The fourth-order valence-corrected chi connectivity index (χ4v) is 4.48. The van der Waals surface area contributed by atoms with Crippen molar-refractivity contribution < 1.29 is 14.1 Å². The van der Waals surface area contributed by atoms with E-state index in [1.807, 2.05) is 37.3 Å². The summed E-state index contributed by atoms with van der Waals surface area (Å²) in [6.45, 7) is 5.43. The Morgan fingerprint density at radius 3 is 2.39 bits per heavy atom. The number of amides is 2. The van der Waals surface area contributed by atoms with Crippen LogP contribution in [-0.4, -0.2) is 28.0 Å². The van der Waals surface area contributed by atoms with Gasteiger partial charge in [0.25, 0.3) is 5.91 Å². The van der Waals surface area contributed by atoms with Gasteiger partial charge in [-0.05, 0) is 51.8 Å². The van der Waals surface area contributed by atoms with E-state index in [0.717, 1.165) is 31.2 Å². The standard InChI is InChI=1S/C26H30N4O3/c1-17-11-13-22(14-12-17)30(26(32)23-18(2)29-33-19(23)3)24(20-8-7-15-27-16-20)25(31)28-21-9-5-4-6-10-21/h7-8,11-16,21,24H,4-6,9-10H2,1-3H3,(H,28,31). The highest BCUT2D eigenvalue weighted by atomic mass is 16.5. The van der Waals surface area contributed by atoms with Crippen molar-refractivity contribution >= 4 is 17.5 Å². The molecule has 1 N–H and O–H groups in total. The number of nitrogens with zero attached hydrogens (tertiary/aromatic N) is 3. The summed E-state index contributed by atoms with van der Waals surface area (Å²) in [6, 6.07) is 10.4. The summed E-state index contributed by atoms with van der Waals surface area (Å²) in [6.07, 6.45) is 8.60. The second kappa shape index (κ2) is 9.98. The molecular weight excluding hydrogens is 416 g/mol. The SMILES string of the molecule is Cc1ccc(N(C(=O)c2c(C)noc2C)C(C(=O)NC2CCCCC2)c2cccnc2)cc1. The Bertz CT molecular complexity index is 1080. The molecule has 33 heavy (non-hydrogen) atoms. The highest BCUT2D eigenvalue weighted by molar-refractivity contribution is 6.11. The minimum Gasteiger partial charge on any atom is -0.361 e. The van der Waals surface area contributed by atoms with Crippen LogP contribution in [0, 0.1) is 20.8 Å². The van der Waals surface area contributed by atoms with Gasteiger partial charge in [0.1, 0.15) is 17.4 Å². The van der Waals surface area contributed by atoms with Gasteiger partial charge in [-0.15, -0.1) is 0 Å². The first-order chi connectivity index (χ1) is 16.0. The molecule has 0 aliphatic heterocycles. The lowest BCUT2D eigenvalue weighted by Crippen LogP contribution is -2.47. The molecular formula is C26H30N4O3. The summed E-state index contributed by atoms with van der Waals surface area (Å²) < 4.78 is 5.28. The van der Waals surface area contributed by atoms with E-state index >= 15 is 0 Å². The van der Waals surface area contributed by atoms with Crippen molar-refractivity contribution in [2.24, 2.45) is 0 Å². The summed E-state index contributed by atoms with van der Waals surface area (Å²) in [5.74, 6) is -0.120. The van der Waals surface area contributed by atoms with E-state index < -0.39 is 6.04 Å². The van der Waals surface area contributed by atoms with Crippen LogP contribution >= 0.6 is 0 Å². The molecule has 7 heteroatoms. The molecule has 0 bridgehead atoms. The van der Waals surface area contributed by atoms with Gasteiger partial charge in [0.05, 0.1) is 5.69 Å². The highest BCUT2D eigenvalue weighted by Gasteiger charge is 2.36. The predicted octanol–water partition coefficient (Wildman–Crippen LogP) is 4.83. The van der Waals surface area contributed by atoms with Crippen molar-refractivity contribution in [2.75, 3.05) is 4.90 Å². The van der Waals surface area contributed by atoms with Gasteiger partial charge < -0.3 is 9.84 Å². The van der Waals surface area contributed by atoms with E-state index in [2.05, 4.69) is 15.5 Å². The Kier molecular flexibility index (Phi) is 6.87. The number of aromatic nitrogens is 2. The number of hydrogen-bond acceptors (Lipinski definition) is 5. The minimum absolute atomic E-state index is 0.111. The zero-order chi connectivity index (χ0) is 23.4. The van der Waals surface area contributed by atoms with Gasteiger partial charge in [-0.1, -0.05) is 48.2 Å². The average Bonchev–Trinajstić information content (AvgIpc) is 3.16. The number of hydrogen-bond donors (Lipinski definition) is 1. The van der Waals surface area contributed by atoms with Crippen molar-refractivity contribution in [1.29, 1.82) is 0 Å². The number of aryl methyl sites for hydroxylation is 3. The smallest absolute Gasteiger partial charge is 0.264 e. The lowest BCUT2D eigenvalue weighted by Gasteiger charge is -2.33. The van der Waals surface area contributed by atoms with Crippen LogP contribution in [0.4, 0.5) is 5.69 Å². The number of pyridine rings is 1. The van der Waals surface area contributed by atoms with Crippen LogP contribution in [0.1, 0.15) is 71.1 Å². The van der Waals surface area contributed by atoms with E-state index in [1.54, 1.807) is 37.2 Å². The third-order valence-corrected chi connectivity index (χ3v) is 6.24. The van der Waals surface area contributed by atoms with Gasteiger partial charge in [-0.25, -0.2) is 0 Å². The Morgan fingerprint density at radius 1 is 1.06 bits per heavy atom. The van der Waals surface area contributed by atoms with Gasteiger partial charge in [0.2, 0.25) is 5.91 Å². The maximum atomic E-state index is 14.0. The number of nitrogens with one attached hydrogen (secondary N) is 1. The van der Waals surface area contributed by atoms with Crippen molar-refractivity contribution in [3.8, 4) is 0 Å². The van der Waals surface area contributed by atoms with Gasteiger partial charge in [0, 0.05) is 29.7 Å². The van der Waals surface area contributed by atoms with Crippen molar-refractivity contribution in [3.05, 3.63) is 76.9 Å². The first-order valence-electron chi connectivity index (χ1n) is 11.5. The molecule has 2 amide bonds. The van der Waals surface area contributed by atoms with E-state index in [1.165, 1.54) is 6.42 Å². The number of carbonyl (C=O) groups is 2. The number of rotatable bonds is 6. The van der Waals surface area contributed by atoms with Crippen LogP contribution in [0.3, 0.4) is 0 Å². The number of carbonyl (C=O) groups excluding carboxylic acids is 2. The first kappa shape index (κ1) is 22.7. The van der Waals surface area contributed by atoms with Crippen LogP contribution in [0.25, 0.3) is 0 Å². The van der Waals surface area contributed by atoms with Crippen LogP contribution < -0.4 is 10.2 Å². The molecule has 2 heterocycles. The first-order valence-corrected chi connectivity index (χ1v) is 11.5. The van der Waals surface area contributed by atoms with Crippen molar-refractivity contribution in [3.63, 3.8) is 0 Å². The second-order valence-electron chi connectivity index (χ2n) is 8.74. The molecule has 0 radical (unpaired) electrons. The highest BCUT2D eigenvalue weighted by Crippen LogP contribution is 2.32. The summed E-state index contributed by atoms with van der Waals surface area (Å²) in [4.78, 5) is 33.5. The molecule has 4 rings (SSSR count). The topological polar surface area (TPSA) is 88.3 Å². The zero-order valence-electron chi connectivity index (χ0n) is 19.4. The van der Waals surface area contributed by atoms with E-state index in [9.17, 15) is 9.59 Å². The maximum absolute atomic E-state index is 14.0. The van der Waals surface area contributed by atoms with Gasteiger partial charge in [0.15, 0.2) is 0 Å². The minimum atomic E-state index is -0.885. The molecule has 7 nitrogen and oxygen atoms in total. The average molecular weight is 447 g/mol. The molecule has 2 aromatic heterocycles. The van der Waals surface area contributed by atoms with Gasteiger partial charge >= 0.3 is 0 Å².